The molecule has 168 valence electrons. The second-order valence-electron chi connectivity index (χ2n) is 8.18. The molecular weight excluding hydrogens is 434 g/mol. The van der Waals surface area contributed by atoms with Gasteiger partial charge in [-0.1, -0.05) is 35.7 Å². The SMILES string of the molecule is Cc1ccc(S(=O)(=O)O)c(C(C)n2c(C#Cc3ccc(N(C)C)cc3)nc3ccccc32)c1. The lowest BCUT2D eigenvalue weighted by molar-refractivity contribution is 0.479. The molecule has 0 aliphatic rings. The number of benzene rings is 3. The van der Waals surface area contributed by atoms with Crippen molar-refractivity contribution >= 4 is 26.8 Å². The van der Waals surface area contributed by atoms with Crippen LogP contribution in [-0.2, 0) is 10.1 Å². The van der Waals surface area contributed by atoms with Gasteiger partial charge in [0.25, 0.3) is 10.1 Å². The van der Waals surface area contributed by atoms with Crippen molar-refractivity contribution < 1.29 is 13.0 Å². The Morgan fingerprint density at radius 2 is 1.70 bits per heavy atom. The van der Waals surface area contributed by atoms with Crippen molar-refractivity contribution in [1.29, 1.82) is 0 Å². The second-order valence-corrected chi connectivity index (χ2v) is 9.57. The summed E-state index contributed by atoms with van der Waals surface area (Å²) in [6.45, 7) is 3.77. The van der Waals surface area contributed by atoms with Gasteiger partial charge in [0.15, 0.2) is 5.82 Å². The largest absolute Gasteiger partial charge is 0.378 e. The van der Waals surface area contributed by atoms with Gasteiger partial charge in [0.2, 0.25) is 0 Å². The number of imidazole rings is 1. The number of fused-ring (bicyclic) bond motifs is 1. The molecule has 0 saturated heterocycles. The topological polar surface area (TPSA) is 75.4 Å². The van der Waals surface area contributed by atoms with E-state index in [9.17, 15) is 13.0 Å². The smallest absolute Gasteiger partial charge is 0.294 e. The second kappa shape index (κ2) is 8.74. The van der Waals surface area contributed by atoms with Crippen LogP contribution >= 0.6 is 0 Å². The lowest BCUT2D eigenvalue weighted by Gasteiger charge is -2.19. The van der Waals surface area contributed by atoms with Crippen molar-refractivity contribution in [1.82, 2.24) is 9.55 Å². The summed E-state index contributed by atoms with van der Waals surface area (Å²) in [4.78, 5) is 6.61. The maximum Gasteiger partial charge on any atom is 0.294 e. The Balaban J connectivity index is 1.86. The van der Waals surface area contributed by atoms with E-state index in [1.54, 1.807) is 12.1 Å². The minimum absolute atomic E-state index is 0.114. The maximum atomic E-state index is 12.1. The van der Waals surface area contributed by atoms with Crippen molar-refractivity contribution in [3.8, 4) is 11.8 Å². The van der Waals surface area contributed by atoms with E-state index in [4.69, 9.17) is 4.98 Å². The molecule has 6 nitrogen and oxygen atoms in total. The molecule has 1 aromatic heterocycles. The predicted molar refractivity (Wildman–Crippen MR) is 131 cm³/mol. The molecular formula is C26H25N3O3S. The fourth-order valence-electron chi connectivity index (χ4n) is 3.86. The van der Waals surface area contributed by atoms with Gasteiger partial charge in [-0.15, -0.1) is 0 Å². The van der Waals surface area contributed by atoms with Crippen LogP contribution in [-0.4, -0.2) is 36.6 Å². The van der Waals surface area contributed by atoms with Gasteiger partial charge in [-0.3, -0.25) is 4.55 Å². The zero-order valence-electron chi connectivity index (χ0n) is 18.9. The molecule has 0 radical (unpaired) electrons. The Hall–Kier alpha value is -3.60. The highest BCUT2D eigenvalue weighted by Crippen LogP contribution is 2.30. The Bertz CT molecular complexity index is 1490. The number of hydrogen-bond acceptors (Lipinski definition) is 4. The van der Waals surface area contributed by atoms with Crippen molar-refractivity contribution in [3.05, 3.63) is 89.2 Å². The van der Waals surface area contributed by atoms with E-state index in [1.165, 1.54) is 6.07 Å². The van der Waals surface area contributed by atoms with Crippen LogP contribution in [0.5, 0.6) is 0 Å². The molecule has 0 saturated carbocycles. The molecule has 0 aliphatic heterocycles. The molecule has 33 heavy (non-hydrogen) atoms. The van der Waals surface area contributed by atoms with Crippen molar-refractivity contribution in [2.75, 3.05) is 19.0 Å². The molecule has 0 spiro atoms. The standard InChI is InChI=1S/C26H25N3O3S/c1-18-9-15-25(33(30,31)32)22(17-18)19(2)29-24-8-6-5-7-23(24)27-26(29)16-12-20-10-13-21(14-11-20)28(3)4/h5-11,13-15,17,19H,1-4H3,(H,30,31,32). The van der Waals surface area contributed by atoms with Gasteiger partial charge in [-0.05, 0) is 67.8 Å². The molecule has 4 rings (SSSR count). The van der Waals surface area contributed by atoms with Gasteiger partial charge in [-0.2, -0.15) is 8.42 Å². The fourth-order valence-corrected chi connectivity index (χ4v) is 4.63. The quantitative estimate of drug-likeness (QED) is 0.355. The molecule has 4 aromatic rings. The minimum Gasteiger partial charge on any atom is -0.378 e. The van der Waals surface area contributed by atoms with E-state index in [2.05, 4.69) is 11.8 Å². The Morgan fingerprint density at radius 3 is 2.36 bits per heavy atom. The van der Waals surface area contributed by atoms with E-state index in [0.29, 0.717) is 11.4 Å². The number of nitrogens with zero attached hydrogens (tertiary/aromatic N) is 3. The summed E-state index contributed by atoms with van der Waals surface area (Å²) in [5.41, 5.74) is 4.90. The molecule has 3 aromatic carbocycles. The third-order valence-corrected chi connectivity index (χ3v) is 6.51. The van der Waals surface area contributed by atoms with Gasteiger partial charge in [0, 0.05) is 25.3 Å². The molecule has 1 heterocycles. The highest BCUT2D eigenvalue weighted by Gasteiger charge is 2.23. The number of para-hydroxylation sites is 2. The first kappa shape index (κ1) is 22.6. The summed E-state index contributed by atoms with van der Waals surface area (Å²) in [5, 5.41) is 0. The monoisotopic (exact) mass is 459 g/mol. The lowest BCUT2D eigenvalue weighted by Crippen LogP contribution is -2.14. The van der Waals surface area contributed by atoms with Crippen molar-refractivity contribution in [2.45, 2.75) is 24.8 Å². The summed E-state index contributed by atoms with van der Waals surface area (Å²) < 4.78 is 35.9. The molecule has 1 unspecified atom stereocenters. The molecule has 1 atom stereocenters. The summed E-state index contributed by atoms with van der Waals surface area (Å²) in [6, 6.07) is 20.0. The van der Waals surface area contributed by atoms with Gasteiger partial charge in [0.1, 0.15) is 0 Å². The summed E-state index contributed by atoms with van der Waals surface area (Å²) in [5.74, 6) is 6.86. The molecule has 0 aliphatic carbocycles. The van der Waals surface area contributed by atoms with E-state index < -0.39 is 16.2 Å². The number of anilines is 1. The van der Waals surface area contributed by atoms with Gasteiger partial charge in [0.05, 0.1) is 22.0 Å². The average molecular weight is 460 g/mol. The third-order valence-electron chi connectivity index (χ3n) is 5.58. The van der Waals surface area contributed by atoms with Gasteiger partial charge < -0.3 is 9.47 Å². The first-order chi connectivity index (χ1) is 15.6. The van der Waals surface area contributed by atoms with Crippen LogP contribution in [0.1, 0.15) is 35.5 Å². The zero-order valence-corrected chi connectivity index (χ0v) is 19.8. The van der Waals surface area contributed by atoms with Gasteiger partial charge >= 0.3 is 0 Å². The molecule has 1 N–H and O–H groups in total. The normalized spacial score (nSPS) is 12.3. The van der Waals surface area contributed by atoms with Crippen molar-refractivity contribution in [2.24, 2.45) is 0 Å². The lowest BCUT2D eigenvalue weighted by atomic mass is 10.0. The Kier molecular flexibility index (Phi) is 5.98. The Labute approximate surface area is 194 Å². The van der Waals surface area contributed by atoms with Crippen molar-refractivity contribution in [3.63, 3.8) is 0 Å². The summed E-state index contributed by atoms with van der Waals surface area (Å²) in [6.07, 6.45) is 0. The number of aromatic nitrogens is 2. The summed E-state index contributed by atoms with van der Waals surface area (Å²) in [7, 11) is -0.427. The van der Waals surface area contributed by atoms with Crippen LogP contribution in [0, 0.1) is 18.8 Å². The highest BCUT2D eigenvalue weighted by molar-refractivity contribution is 7.85. The number of rotatable bonds is 4. The molecule has 0 amide bonds. The fraction of sp³-hybridized carbons (Fsp3) is 0.192. The molecule has 7 heteroatoms. The first-order valence-electron chi connectivity index (χ1n) is 10.5. The maximum absolute atomic E-state index is 12.1. The van der Waals surface area contributed by atoms with Crippen LogP contribution < -0.4 is 4.90 Å². The molecule has 0 bridgehead atoms. The van der Waals surface area contributed by atoms with Gasteiger partial charge in [-0.25, -0.2) is 4.98 Å². The Morgan fingerprint density at radius 1 is 1.00 bits per heavy atom. The van der Waals surface area contributed by atoms with Crippen LogP contribution in [0.25, 0.3) is 11.0 Å². The van der Waals surface area contributed by atoms with Crippen LogP contribution in [0.4, 0.5) is 5.69 Å². The van der Waals surface area contributed by atoms with Crippen LogP contribution in [0.3, 0.4) is 0 Å². The zero-order chi connectivity index (χ0) is 23.8. The van der Waals surface area contributed by atoms with E-state index in [0.717, 1.165) is 27.8 Å². The third kappa shape index (κ3) is 4.63. The number of aryl methyl sites for hydroxylation is 1. The summed E-state index contributed by atoms with van der Waals surface area (Å²) >= 11 is 0. The van der Waals surface area contributed by atoms with E-state index >= 15 is 0 Å². The van der Waals surface area contributed by atoms with E-state index in [1.807, 2.05) is 85.9 Å². The van der Waals surface area contributed by atoms with Crippen LogP contribution in [0.2, 0.25) is 0 Å². The average Bonchev–Trinajstić information content (AvgIpc) is 3.15. The molecule has 0 fully saturated rings. The van der Waals surface area contributed by atoms with Crippen LogP contribution in [0.15, 0.2) is 71.6 Å². The number of hydrogen-bond donors (Lipinski definition) is 1. The minimum atomic E-state index is -4.39. The highest BCUT2D eigenvalue weighted by atomic mass is 32.2. The van der Waals surface area contributed by atoms with E-state index in [-0.39, 0.29) is 4.90 Å². The predicted octanol–water partition coefficient (Wildman–Crippen LogP) is 4.67. The first-order valence-corrected chi connectivity index (χ1v) is 11.9.